The van der Waals surface area contributed by atoms with Gasteiger partial charge in [0.15, 0.2) is 5.75 Å². The van der Waals surface area contributed by atoms with E-state index in [-0.39, 0.29) is 6.04 Å². The molecule has 2 N–H and O–H groups in total. The lowest BCUT2D eigenvalue weighted by Crippen LogP contribution is -2.32. The van der Waals surface area contributed by atoms with Crippen LogP contribution in [-0.2, 0) is 9.59 Å². The fraction of sp³-hybridized carbons (Fsp3) is 0.304. The Bertz CT molecular complexity index is 958. The van der Waals surface area contributed by atoms with Crippen LogP contribution in [0.1, 0.15) is 18.0 Å². The summed E-state index contributed by atoms with van der Waals surface area (Å²) in [5.74, 6) is 0.233. The molecule has 2 heterocycles. The van der Waals surface area contributed by atoms with Gasteiger partial charge in [-0.3, -0.25) is 0 Å². The van der Waals surface area contributed by atoms with E-state index in [1.807, 2.05) is 18.2 Å². The maximum absolute atomic E-state index is 9.55. The molecule has 0 amide bonds. The van der Waals surface area contributed by atoms with Crippen LogP contribution >= 0.6 is 0 Å². The first-order chi connectivity index (χ1) is 14.9. The fourth-order valence-corrected chi connectivity index (χ4v) is 3.76. The second-order valence-electron chi connectivity index (χ2n) is 7.31. The van der Waals surface area contributed by atoms with Crippen LogP contribution in [0.5, 0.6) is 17.2 Å². The van der Waals surface area contributed by atoms with Gasteiger partial charge in [0.1, 0.15) is 11.5 Å². The third-order valence-corrected chi connectivity index (χ3v) is 5.14. The zero-order valence-electron chi connectivity index (χ0n) is 17.5. The maximum Gasteiger partial charge on any atom is 0.328 e. The van der Waals surface area contributed by atoms with Crippen molar-refractivity contribution in [2.75, 3.05) is 38.7 Å². The van der Waals surface area contributed by atoms with Crippen molar-refractivity contribution < 1.29 is 29.3 Å². The van der Waals surface area contributed by atoms with Gasteiger partial charge in [-0.1, -0.05) is 12.1 Å². The summed E-state index contributed by atoms with van der Waals surface area (Å²) in [5.41, 5.74) is 2.39. The highest BCUT2D eigenvalue weighted by Crippen LogP contribution is 2.45. The quantitative estimate of drug-likeness (QED) is 0.721. The molecule has 164 valence electrons. The van der Waals surface area contributed by atoms with Crippen molar-refractivity contribution in [1.29, 1.82) is 0 Å². The molecule has 2 aliphatic rings. The summed E-state index contributed by atoms with van der Waals surface area (Å²) >= 11 is 0. The molecule has 31 heavy (non-hydrogen) atoms. The third-order valence-electron chi connectivity index (χ3n) is 5.14. The van der Waals surface area contributed by atoms with Gasteiger partial charge in [0.2, 0.25) is 0 Å². The van der Waals surface area contributed by atoms with E-state index in [4.69, 9.17) is 19.7 Å². The van der Waals surface area contributed by atoms with E-state index in [9.17, 15) is 9.59 Å². The van der Waals surface area contributed by atoms with Crippen molar-refractivity contribution in [2.45, 2.75) is 12.5 Å². The molecule has 1 saturated heterocycles. The number of likely N-dealkylation sites (N-methyl/N-ethyl adjacent to an activating group) is 1. The molecule has 2 aromatic carbocycles. The zero-order valence-corrected chi connectivity index (χ0v) is 17.5. The number of anilines is 1. The number of carbonyl (C=O) groups is 2. The molecule has 0 aliphatic carbocycles. The zero-order chi connectivity index (χ0) is 22.4. The van der Waals surface area contributed by atoms with E-state index in [1.54, 1.807) is 7.11 Å². The van der Waals surface area contributed by atoms with Crippen molar-refractivity contribution in [2.24, 2.45) is 0 Å². The molecule has 8 heteroatoms. The van der Waals surface area contributed by atoms with Gasteiger partial charge < -0.3 is 29.5 Å². The standard InChI is InChI=1S/C19H22N2O2.C4H4O4/c1-20-10-5-11-21-16-6-3-4-7-19(16)23-18-9-8-14(22-2)12-15(18)17(21)13-20;5-3(6)1-2-4(7)8/h3-4,6-9,12,17H,5,10-11,13H2,1-2H3;1-2H,(H,5,6)(H,7,8)/b;2-1-. The van der Waals surface area contributed by atoms with Crippen molar-refractivity contribution >= 4 is 17.6 Å². The number of carboxylic acid groups (broad SMARTS) is 2. The third kappa shape index (κ3) is 5.55. The highest BCUT2D eigenvalue weighted by atomic mass is 16.5. The van der Waals surface area contributed by atoms with Crippen molar-refractivity contribution in [3.8, 4) is 17.2 Å². The average molecular weight is 426 g/mol. The van der Waals surface area contributed by atoms with Gasteiger partial charge in [-0.25, -0.2) is 9.59 Å². The molecule has 8 nitrogen and oxygen atoms in total. The van der Waals surface area contributed by atoms with Gasteiger partial charge in [-0.05, 0) is 50.3 Å². The highest BCUT2D eigenvalue weighted by molar-refractivity contribution is 5.89. The Morgan fingerprint density at radius 2 is 1.77 bits per heavy atom. The van der Waals surface area contributed by atoms with Crippen molar-refractivity contribution in [1.82, 2.24) is 4.90 Å². The minimum Gasteiger partial charge on any atom is -0.497 e. The number of hydrogen-bond acceptors (Lipinski definition) is 6. The number of fused-ring (bicyclic) bond motifs is 5. The van der Waals surface area contributed by atoms with E-state index in [0.29, 0.717) is 12.2 Å². The molecule has 2 aromatic rings. The van der Waals surface area contributed by atoms with Crippen LogP contribution in [0.25, 0.3) is 0 Å². The second-order valence-corrected chi connectivity index (χ2v) is 7.31. The molecule has 0 saturated carbocycles. The van der Waals surface area contributed by atoms with Crippen LogP contribution in [0.15, 0.2) is 54.6 Å². The molecule has 0 bridgehead atoms. The summed E-state index contributed by atoms with van der Waals surface area (Å²) < 4.78 is 11.7. The molecule has 1 atom stereocenters. The van der Waals surface area contributed by atoms with Crippen LogP contribution in [0.2, 0.25) is 0 Å². The number of methoxy groups -OCH3 is 1. The predicted molar refractivity (Wildman–Crippen MR) is 116 cm³/mol. The minimum absolute atomic E-state index is 0.274. The summed E-state index contributed by atoms with van der Waals surface area (Å²) in [6.07, 6.45) is 2.27. The Morgan fingerprint density at radius 3 is 2.45 bits per heavy atom. The maximum atomic E-state index is 9.55. The number of benzene rings is 2. The molecule has 0 aromatic heterocycles. The van der Waals surface area contributed by atoms with E-state index in [2.05, 4.69) is 41.1 Å². The SMILES string of the molecule is COc1ccc2c(c1)C1CN(C)CCCN1c1ccccc1O2.O=C(O)/C=C\C(=O)O. The fourth-order valence-electron chi connectivity index (χ4n) is 3.76. The highest BCUT2D eigenvalue weighted by Gasteiger charge is 2.32. The molecular formula is C23H26N2O6. The summed E-state index contributed by atoms with van der Waals surface area (Å²) in [5, 5.41) is 15.6. The molecule has 0 radical (unpaired) electrons. The number of rotatable bonds is 3. The van der Waals surface area contributed by atoms with Gasteiger partial charge in [0.25, 0.3) is 0 Å². The van der Waals surface area contributed by atoms with Crippen LogP contribution in [0.3, 0.4) is 0 Å². The number of aliphatic carboxylic acids is 2. The number of nitrogens with zero attached hydrogens (tertiary/aromatic N) is 2. The first-order valence-corrected chi connectivity index (χ1v) is 9.93. The van der Waals surface area contributed by atoms with Crippen LogP contribution in [-0.4, -0.2) is 60.8 Å². The number of para-hydroxylation sites is 2. The number of ether oxygens (including phenoxy) is 2. The Kier molecular flexibility index (Phi) is 7.15. The smallest absolute Gasteiger partial charge is 0.328 e. The summed E-state index contributed by atoms with van der Waals surface area (Å²) in [4.78, 5) is 24.0. The van der Waals surface area contributed by atoms with E-state index >= 15 is 0 Å². The topological polar surface area (TPSA) is 99.5 Å². The van der Waals surface area contributed by atoms with Gasteiger partial charge in [-0.2, -0.15) is 0 Å². The van der Waals surface area contributed by atoms with Gasteiger partial charge in [0.05, 0.1) is 18.8 Å². The lowest BCUT2D eigenvalue weighted by Gasteiger charge is -2.32. The van der Waals surface area contributed by atoms with E-state index in [0.717, 1.165) is 43.3 Å². The van der Waals surface area contributed by atoms with E-state index in [1.165, 1.54) is 11.3 Å². The Morgan fingerprint density at radius 1 is 1.06 bits per heavy atom. The Balaban J connectivity index is 0.000000293. The van der Waals surface area contributed by atoms with Crippen LogP contribution < -0.4 is 14.4 Å². The molecule has 1 unspecified atom stereocenters. The second kappa shape index (κ2) is 9.99. The van der Waals surface area contributed by atoms with Gasteiger partial charge in [0, 0.05) is 30.8 Å². The first kappa shape index (κ1) is 22.2. The first-order valence-electron chi connectivity index (χ1n) is 9.93. The molecular weight excluding hydrogens is 400 g/mol. The summed E-state index contributed by atoms with van der Waals surface area (Å²) in [7, 11) is 3.91. The molecule has 0 spiro atoms. The molecule has 1 fully saturated rings. The summed E-state index contributed by atoms with van der Waals surface area (Å²) in [6, 6.07) is 14.7. The largest absolute Gasteiger partial charge is 0.497 e. The molecule has 4 rings (SSSR count). The molecule has 2 aliphatic heterocycles. The summed E-state index contributed by atoms with van der Waals surface area (Å²) in [6.45, 7) is 3.14. The monoisotopic (exact) mass is 426 g/mol. The number of carboxylic acids is 2. The van der Waals surface area contributed by atoms with Gasteiger partial charge >= 0.3 is 11.9 Å². The van der Waals surface area contributed by atoms with Crippen LogP contribution in [0.4, 0.5) is 5.69 Å². The average Bonchev–Trinajstić information content (AvgIpc) is 3.01. The van der Waals surface area contributed by atoms with Crippen LogP contribution in [0, 0.1) is 0 Å². The Hall–Kier alpha value is -3.52. The van der Waals surface area contributed by atoms with E-state index < -0.39 is 11.9 Å². The number of hydrogen-bond donors (Lipinski definition) is 2. The normalized spacial score (nSPS) is 17.6. The predicted octanol–water partition coefficient (Wildman–Crippen LogP) is 3.40. The lowest BCUT2D eigenvalue weighted by atomic mass is 10.0. The lowest BCUT2D eigenvalue weighted by molar-refractivity contribution is -0.134. The minimum atomic E-state index is -1.26. The Labute approximate surface area is 180 Å². The van der Waals surface area contributed by atoms with Gasteiger partial charge in [-0.15, -0.1) is 0 Å². The van der Waals surface area contributed by atoms with Crippen molar-refractivity contribution in [3.05, 3.63) is 60.2 Å². The van der Waals surface area contributed by atoms with Crippen molar-refractivity contribution in [3.63, 3.8) is 0 Å².